The Morgan fingerprint density at radius 3 is 2.72 bits per heavy atom. The molecule has 4 heteroatoms. The van der Waals surface area contributed by atoms with E-state index in [4.69, 9.17) is 0 Å². The van der Waals surface area contributed by atoms with Crippen LogP contribution in [0.3, 0.4) is 0 Å². The van der Waals surface area contributed by atoms with Gasteiger partial charge in [0.1, 0.15) is 11.5 Å². The normalized spacial score (nSPS) is 11.4. The highest BCUT2D eigenvalue weighted by molar-refractivity contribution is 5.90. The number of hydrogen-bond donors (Lipinski definition) is 1. The molecule has 0 fully saturated rings. The second-order valence-corrected chi connectivity index (χ2v) is 3.90. The average Bonchev–Trinajstić information content (AvgIpc) is 2.80. The maximum absolute atomic E-state index is 13.0. The molecule has 0 spiro atoms. The van der Waals surface area contributed by atoms with Gasteiger partial charge in [-0.05, 0) is 18.2 Å². The first-order chi connectivity index (χ1) is 8.83. The van der Waals surface area contributed by atoms with Crippen LogP contribution in [0.4, 0.5) is 15.8 Å². The number of aromatic amines is 1. The molecule has 0 unspecified atom stereocenters. The molecule has 0 amide bonds. The van der Waals surface area contributed by atoms with Crippen molar-refractivity contribution in [1.82, 2.24) is 4.98 Å². The minimum absolute atomic E-state index is 0.314. The van der Waals surface area contributed by atoms with Crippen LogP contribution in [0.5, 0.6) is 0 Å². The number of azo groups is 1. The SMILES string of the molecule is Fc1cccc(N=Nc2c[nH]c3ccccc23)c1. The fourth-order valence-electron chi connectivity index (χ4n) is 1.79. The fraction of sp³-hybridized carbons (Fsp3) is 0. The predicted octanol–water partition coefficient (Wildman–Crippen LogP) is 4.72. The largest absolute Gasteiger partial charge is 0.359 e. The zero-order valence-electron chi connectivity index (χ0n) is 9.47. The Balaban J connectivity index is 1.97. The molecule has 0 radical (unpaired) electrons. The second kappa shape index (κ2) is 4.41. The minimum atomic E-state index is -0.314. The third-order valence-electron chi connectivity index (χ3n) is 2.65. The van der Waals surface area contributed by atoms with Crippen LogP contribution in [0.2, 0.25) is 0 Å². The Morgan fingerprint density at radius 2 is 1.83 bits per heavy atom. The molecule has 1 N–H and O–H groups in total. The van der Waals surface area contributed by atoms with Crippen molar-refractivity contribution in [1.29, 1.82) is 0 Å². The molecule has 18 heavy (non-hydrogen) atoms. The zero-order chi connectivity index (χ0) is 12.4. The van der Waals surface area contributed by atoms with Gasteiger partial charge >= 0.3 is 0 Å². The van der Waals surface area contributed by atoms with Gasteiger partial charge in [-0.2, -0.15) is 5.11 Å². The van der Waals surface area contributed by atoms with E-state index in [1.807, 2.05) is 24.3 Å². The first kappa shape index (κ1) is 10.7. The van der Waals surface area contributed by atoms with Gasteiger partial charge in [-0.15, -0.1) is 5.11 Å². The van der Waals surface area contributed by atoms with E-state index in [9.17, 15) is 4.39 Å². The first-order valence-electron chi connectivity index (χ1n) is 5.56. The van der Waals surface area contributed by atoms with Crippen LogP contribution >= 0.6 is 0 Å². The molecular weight excluding hydrogens is 229 g/mol. The molecule has 0 saturated carbocycles. The molecule has 0 aliphatic rings. The number of rotatable bonds is 2. The quantitative estimate of drug-likeness (QED) is 0.628. The average molecular weight is 239 g/mol. The molecule has 0 bridgehead atoms. The summed E-state index contributed by atoms with van der Waals surface area (Å²) in [5.41, 5.74) is 2.25. The third-order valence-corrected chi connectivity index (χ3v) is 2.65. The highest BCUT2D eigenvalue weighted by Crippen LogP contribution is 2.27. The second-order valence-electron chi connectivity index (χ2n) is 3.90. The molecular formula is C14H10FN3. The van der Waals surface area contributed by atoms with Crippen LogP contribution in [-0.2, 0) is 0 Å². The van der Waals surface area contributed by atoms with Crippen molar-refractivity contribution in [3.8, 4) is 0 Å². The number of benzene rings is 2. The summed E-state index contributed by atoms with van der Waals surface area (Å²) in [6, 6.07) is 13.9. The first-order valence-corrected chi connectivity index (χ1v) is 5.56. The van der Waals surface area contributed by atoms with E-state index >= 15 is 0 Å². The third kappa shape index (κ3) is 2.00. The van der Waals surface area contributed by atoms with E-state index < -0.39 is 0 Å². The van der Waals surface area contributed by atoms with Gasteiger partial charge in [-0.25, -0.2) is 4.39 Å². The summed E-state index contributed by atoms with van der Waals surface area (Å²) in [5, 5.41) is 9.16. The van der Waals surface area contributed by atoms with Crippen LogP contribution in [0, 0.1) is 5.82 Å². The van der Waals surface area contributed by atoms with Crippen LogP contribution < -0.4 is 0 Å². The van der Waals surface area contributed by atoms with E-state index in [0.29, 0.717) is 5.69 Å². The molecule has 88 valence electrons. The van der Waals surface area contributed by atoms with Crippen molar-refractivity contribution >= 4 is 22.3 Å². The Labute approximate surface area is 103 Å². The van der Waals surface area contributed by atoms with E-state index in [1.54, 1.807) is 18.3 Å². The van der Waals surface area contributed by atoms with E-state index in [1.165, 1.54) is 12.1 Å². The van der Waals surface area contributed by atoms with Crippen molar-refractivity contribution < 1.29 is 4.39 Å². The standard InChI is InChI=1S/C14H10FN3/c15-10-4-3-5-11(8-10)17-18-14-9-16-13-7-2-1-6-12(13)14/h1-9,16H. The van der Waals surface area contributed by atoms with E-state index in [-0.39, 0.29) is 5.82 Å². The van der Waals surface area contributed by atoms with Gasteiger partial charge in [-0.3, -0.25) is 0 Å². The summed E-state index contributed by atoms with van der Waals surface area (Å²) in [4.78, 5) is 3.11. The lowest BCUT2D eigenvalue weighted by Crippen LogP contribution is -1.69. The Bertz CT molecular complexity index is 716. The van der Waals surface area contributed by atoms with Gasteiger partial charge in [0.05, 0.1) is 5.69 Å². The van der Waals surface area contributed by atoms with Gasteiger partial charge < -0.3 is 4.98 Å². The number of hydrogen-bond acceptors (Lipinski definition) is 2. The number of halogens is 1. The van der Waals surface area contributed by atoms with Crippen molar-refractivity contribution in [3.63, 3.8) is 0 Å². The Kier molecular flexibility index (Phi) is 2.61. The van der Waals surface area contributed by atoms with Crippen molar-refractivity contribution in [2.75, 3.05) is 0 Å². The summed E-state index contributed by atoms with van der Waals surface area (Å²) < 4.78 is 13.0. The topological polar surface area (TPSA) is 40.5 Å². The molecule has 0 aliphatic carbocycles. The summed E-state index contributed by atoms with van der Waals surface area (Å²) in [7, 11) is 0. The van der Waals surface area contributed by atoms with Gasteiger partial charge in [-0.1, -0.05) is 24.3 Å². The van der Waals surface area contributed by atoms with E-state index in [2.05, 4.69) is 15.2 Å². The van der Waals surface area contributed by atoms with E-state index in [0.717, 1.165) is 16.6 Å². The highest BCUT2D eigenvalue weighted by atomic mass is 19.1. The molecule has 1 aromatic heterocycles. The van der Waals surface area contributed by atoms with Crippen LogP contribution in [-0.4, -0.2) is 4.98 Å². The molecule has 0 aliphatic heterocycles. The summed E-state index contributed by atoms with van der Waals surface area (Å²) in [6.07, 6.45) is 1.79. The maximum Gasteiger partial charge on any atom is 0.125 e. The van der Waals surface area contributed by atoms with Gasteiger partial charge in [0.2, 0.25) is 0 Å². The smallest absolute Gasteiger partial charge is 0.125 e. The van der Waals surface area contributed by atoms with Crippen molar-refractivity contribution in [3.05, 3.63) is 60.5 Å². The predicted molar refractivity (Wildman–Crippen MR) is 68.9 cm³/mol. The summed E-state index contributed by atoms with van der Waals surface area (Å²) in [6.45, 7) is 0. The van der Waals surface area contributed by atoms with Crippen molar-refractivity contribution in [2.24, 2.45) is 10.2 Å². The lowest BCUT2D eigenvalue weighted by atomic mass is 10.2. The molecule has 3 nitrogen and oxygen atoms in total. The number of nitrogens with one attached hydrogen (secondary N) is 1. The lowest BCUT2D eigenvalue weighted by Gasteiger charge is -1.92. The Morgan fingerprint density at radius 1 is 0.944 bits per heavy atom. The Hall–Kier alpha value is -2.49. The lowest BCUT2D eigenvalue weighted by molar-refractivity contribution is 0.628. The summed E-state index contributed by atoms with van der Waals surface area (Å²) in [5.74, 6) is -0.314. The fourth-order valence-corrected chi connectivity index (χ4v) is 1.79. The van der Waals surface area contributed by atoms with Gasteiger partial charge in [0.15, 0.2) is 0 Å². The molecule has 2 aromatic carbocycles. The van der Waals surface area contributed by atoms with Crippen LogP contribution in [0.25, 0.3) is 10.9 Å². The van der Waals surface area contributed by atoms with Crippen molar-refractivity contribution in [2.45, 2.75) is 0 Å². The van der Waals surface area contributed by atoms with Gasteiger partial charge in [0, 0.05) is 23.2 Å². The molecule has 0 saturated heterocycles. The van der Waals surface area contributed by atoms with Crippen LogP contribution in [0.1, 0.15) is 0 Å². The number of aromatic nitrogens is 1. The monoisotopic (exact) mass is 239 g/mol. The molecule has 3 rings (SSSR count). The number of nitrogens with zero attached hydrogens (tertiary/aromatic N) is 2. The maximum atomic E-state index is 13.0. The van der Waals surface area contributed by atoms with Gasteiger partial charge in [0.25, 0.3) is 0 Å². The number of para-hydroxylation sites is 1. The molecule has 0 atom stereocenters. The summed E-state index contributed by atoms with van der Waals surface area (Å²) >= 11 is 0. The molecule has 1 heterocycles. The highest BCUT2D eigenvalue weighted by Gasteiger charge is 2.01. The number of fused-ring (bicyclic) bond motifs is 1. The van der Waals surface area contributed by atoms with Crippen LogP contribution in [0.15, 0.2) is 65.0 Å². The molecule has 3 aromatic rings. The minimum Gasteiger partial charge on any atom is -0.359 e. The number of H-pyrrole nitrogens is 1. The zero-order valence-corrected chi connectivity index (χ0v) is 9.47.